The summed E-state index contributed by atoms with van der Waals surface area (Å²) in [7, 11) is 0. The topological polar surface area (TPSA) is 60.8 Å². The van der Waals surface area contributed by atoms with Gasteiger partial charge in [-0.3, -0.25) is 4.79 Å². The van der Waals surface area contributed by atoms with Crippen LogP contribution in [0.25, 0.3) is 0 Å². The molecule has 0 bridgehead atoms. The first-order valence-corrected chi connectivity index (χ1v) is 7.54. The van der Waals surface area contributed by atoms with E-state index in [0.29, 0.717) is 18.7 Å². The number of carbonyl (C=O) groups is 1. The summed E-state index contributed by atoms with van der Waals surface area (Å²) < 4.78 is 12.9. The summed E-state index contributed by atoms with van der Waals surface area (Å²) in [6.45, 7) is 2.25. The molecule has 1 unspecified atom stereocenters. The second-order valence-corrected chi connectivity index (χ2v) is 5.28. The maximum absolute atomic E-state index is 12.9. The SMILES string of the molecule is CCCO.O=C1CC(c2ccc(O)cc2)N1c1ccc(F)cc1. The molecule has 1 aliphatic heterocycles. The fraction of sp³-hybridized carbons (Fsp3) is 0.278. The van der Waals surface area contributed by atoms with E-state index in [1.807, 2.05) is 6.92 Å². The molecular weight excluding hydrogens is 297 g/mol. The van der Waals surface area contributed by atoms with Gasteiger partial charge < -0.3 is 15.1 Å². The summed E-state index contributed by atoms with van der Waals surface area (Å²) in [5.41, 5.74) is 1.65. The summed E-state index contributed by atoms with van der Waals surface area (Å²) >= 11 is 0. The van der Waals surface area contributed by atoms with Gasteiger partial charge in [-0.15, -0.1) is 0 Å². The Hall–Kier alpha value is -2.40. The van der Waals surface area contributed by atoms with Crippen molar-refractivity contribution in [1.82, 2.24) is 0 Å². The second-order valence-electron chi connectivity index (χ2n) is 5.28. The van der Waals surface area contributed by atoms with Crippen LogP contribution in [0.15, 0.2) is 48.5 Å². The zero-order valence-corrected chi connectivity index (χ0v) is 12.9. The maximum Gasteiger partial charge on any atom is 0.230 e. The molecule has 1 atom stereocenters. The molecule has 0 aromatic heterocycles. The highest BCUT2D eigenvalue weighted by atomic mass is 19.1. The molecule has 2 N–H and O–H groups in total. The van der Waals surface area contributed by atoms with Gasteiger partial charge >= 0.3 is 0 Å². The molecule has 2 aromatic rings. The third-order valence-corrected chi connectivity index (χ3v) is 3.55. The molecule has 23 heavy (non-hydrogen) atoms. The van der Waals surface area contributed by atoms with Crippen molar-refractivity contribution < 1.29 is 19.4 Å². The number of benzene rings is 2. The molecule has 1 heterocycles. The van der Waals surface area contributed by atoms with Crippen LogP contribution in [0.2, 0.25) is 0 Å². The quantitative estimate of drug-likeness (QED) is 0.853. The lowest BCUT2D eigenvalue weighted by atomic mass is 9.93. The molecule has 1 saturated heterocycles. The Kier molecular flexibility index (Phi) is 5.71. The van der Waals surface area contributed by atoms with Gasteiger partial charge in [0.05, 0.1) is 12.5 Å². The third kappa shape index (κ3) is 4.07. The molecule has 4 nitrogen and oxygen atoms in total. The largest absolute Gasteiger partial charge is 0.508 e. The van der Waals surface area contributed by atoms with E-state index in [1.54, 1.807) is 41.3 Å². The van der Waals surface area contributed by atoms with Crippen molar-refractivity contribution in [3.8, 4) is 5.75 Å². The van der Waals surface area contributed by atoms with Gasteiger partial charge in [0.15, 0.2) is 0 Å². The van der Waals surface area contributed by atoms with Crippen LogP contribution >= 0.6 is 0 Å². The number of hydrogen-bond acceptors (Lipinski definition) is 3. The average Bonchev–Trinajstić information content (AvgIpc) is 2.56. The fourth-order valence-electron chi connectivity index (χ4n) is 2.31. The van der Waals surface area contributed by atoms with Crippen LogP contribution in [0, 0.1) is 5.82 Å². The van der Waals surface area contributed by atoms with Gasteiger partial charge in [0.1, 0.15) is 11.6 Å². The van der Waals surface area contributed by atoms with E-state index in [-0.39, 0.29) is 23.5 Å². The molecule has 5 heteroatoms. The van der Waals surface area contributed by atoms with Gasteiger partial charge in [0.25, 0.3) is 0 Å². The minimum atomic E-state index is -0.321. The lowest BCUT2D eigenvalue weighted by molar-refractivity contribution is -0.124. The van der Waals surface area contributed by atoms with Crippen molar-refractivity contribution in [2.24, 2.45) is 0 Å². The zero-order chi connectivity index (χ0) is 16.8. The highest BCUT2D eigenvalue weighted by molar-refractivity contribution is 6.01. The van der Waals surface area contributed by atoms with Crippen LogP contribution in [0.4, 0.5) is 10.1 Å². The number of anilines is 1. The van der Waals surface area contributed by atoms with Gasteiger partial charge in [0.2, 0.25) is 5.91 Å². The number of amides is 1. The minimum Gasteiger partial charge on any atom is -0.508 e. The van der Waals surface area contributed by atoms with E-state index in [1.165, 1.54) is 12.1 Å². The number of β-lactam (4-membered cyclic amide) rings is 1. The van der Waals surface area contributed by atoms with Crippen LogP contribution in [0.5, 0.6) is 5.75 Å². The molecule has 1 fully saturated rings. The van der Waals surface area contributed by atoms with Crippen LogP contribution in [0.1, 0.15) is 31.4 Å². The number of aliphatic hydroxyl groups excluding tert-OH is 1. The number of nitrogens with zero attached hydrogens (tertiary/aromatic N) is 1. The number of halogens is 1. The Labute approximate surface area is 134 Å². The Bertz CT molecular complexity index is 638. The normalized spacial score (nSPS) is 16.4. The highest BCUT2D eigenvalue weighted by Gasteiger charge is 2.38. The lowest BCUT2D eigenvalue weighted by Crippen LogP contribution is -2.46. The van der Waals surface area contributed by atoms with E-state index in [9.17, 15) is 14.3 Å². The summed E-state index contributed by atoms with van der Waals surface area (Å²) in [4.78, 5) is 13.4. The Morgan fingerprint density at radius 3 is 2.17 bits per heavy atom. The maximum atomic E-state index is 12.9. The van der Waals surface area contributed by atoms with Crippen LogP contribution in [0.3, 0.4) is 0 Å². The molecule has 1 amide bonds. The van der Waals surface area contributed by atoms with E-state index >= 15 is 0 Å². The monoisotopic (exact) mass is 317 g/mol. The van der Waals surface area contributed by atoms with E-state index in [2.05, 4.69) is 0 Å². The summed E-state index contributed by atoms with van der Waals surface area (Å²) in [5.74, 6) is -0.106. The number of aromatic hydroxyl groups is 1. The van der Waals surface area contributed by atoms with Gasteiger partial charge in [-0.2, -0.15) is 0 Å². The van der Waals surface area contributed by atoms with Crippen molar-refractivity contribution in [3.63, 3.8) is 0 Å². The molecule has 0 saturated carbocycles. The van der Waals surface area contributed by atoms with Crippen molar-refractivity contribution in [2.45, 2.75) is 25.8 Å². The highest BCUT2D eigenvalue weighted by Crippen LogP contribution is 2.39. The third-order valence-electron chi connectivity index (χ3n) is 3.55. The molecule has 122 valence electrons. The van der Waals surface area contributed by atoms with Crippen LogP contribution < -0.4 is 4.90 Å². The molecule has 2 aromatic carbocycles. The minimum absolute atomic E-state index is 0.0182. The van der Waals surface area contributed by atoms with Crippen LogP contribution in [-0.2, 0) is 4.79 Å². The molecule has 3 rings (SSSR count). The molecular formula is C18H20FNO3. The van der Waals surface area contributed by atoms with Crippen molar-refractivity contribution in [1.29, 1.82) is 0 Å². The van der Waals surface area contributed by atoms with Gasteiger partial charge in [-0.1, -0.05) is 19.1 Å². The Morgan fingerprint density at radius 2 is 1.70 bits per heavy atom. The van der Waals surface area contributed by atoms with Crippen molar-refractivity contribution >= 4 is 11.6 Å². The van der Waals surface area contributed by atoms with Gasteiger partial charge in [0, 0.05) is 12.3 Å². The first kappa shape index (κ1) is 17.0. The van der Waals surface area contributed by atoms with E-state index < -0.39 is 0 Å². The summed E-state index contributed by atoms with van der Waals surface area (Å²) in [6, 6.07) is 12.6. The predicted molar refractivity (Wildman–Crippen MR) is 86.7 cm³/mol. The van der Waals surface area contributed by atoms with Gasteiger partial charge in [-0.05, 0) is 48.4 Å². The Morgan fingerprint density at radius 1 is 1.13 bits per heavy atom. The summed E-state index contributed by atoms with van der Waals surface area (Å²) in [6.07, 6.45) is 1.31. The van der Waals surface area contributed by atoms with Crippen molar-refractivity contribution in [3.05, 3.63) is 59.9 Å². The molecule has 1 aliphatic rings. The van der Waals surface area contributed by atoms with Crippen molar-refractivity contribution in [2.75, 3.05) is 11.5 Å². The number of phenolic OH excluding ortho intramolecular Hbond substituents is 1. The number of phenols is 1. The van der Waals surface area contributed by atoms with E-state index in [4.69, 9.17) is 5.11 Å². The number of aliphatic hydroxyl groups is 1. The predicted octanol–water partition coefficient (Wildman–Crippen LogP) is 3.40. The first-order chi connectivity index (χ1) is 11.1. The smallest absolute Gasteiger partial charge is 0.230 e. The fourth-order valence-corrected chi connectivity index (χ4v) is 2.31. The second kappa shape index (κ2) is 7.74. The summed E-state index contributed by atoms with van der Waals surface area (Å²) in [5, 5.41) is 17.1. The van der Waals surface area contributed by atoms with Crippen LogP contribution in [-0.4, -0.2) is 22.7 Å². The number of rotatable bonds is 3. The number of hydrogen-bond donors (Lipinski definition) is 2. The molecule has 0 radical (unpaired) electrons. The average molecular weight is 317 g/mol. The van der Waals surface area contributed by atoms with E-state index in [0.717, 1.165) is 12.0 Å². The standard InChI is InChI=1S/C15H12FNO2.C3H8O/c16-11-3-5-12(6-4-11)17-14(9-15(17)19)10-1-7-13(18)8-2-10;1-2-3-4/h1-8,14,18H,9H2;4H,2-3H2,1H3. The first-order valence-electron chi connectivity index (χ1n) is 7.54. The van der Waals surface area contributed by atoms with Gasteiger partial charge in [-0.25, -0.2) is 4.39 Å². The molecule has 0 spiro atoms. The zero-order valence-electron chi connectivity index (χ0n) is 12.9. The number of carbonyl (C=O) groups excluding carboxylic acids is 1. The molecule has 0 aliphatic carbocycles. The lowest BCUT2D eigenvalue weighted by Gasteiger charge is -2.40. The Balaban J connectivity index is 0.000000433.